The first-order valence-corrected chi connectivity index (χ1v) is 5.91. The monoisotopic (exact) mass is 256 g/mol. The first-order chi connectivity index (χ1) is 6.73. The normalized spacial score (nSPS) is 32.9. The van der Waals surface area contributed by atoms with E-state index in [0.29, 0.717) is 6.42 Å². The van der Waals surface area contributed by atoms with Crippen molar-refractivity contribution in [3.63, 3.8) is 0 Å². The van der Waals surface area contributed by atoms with Gasteiger partial charge in [-0.15, -0.1) is 0 Å². The summed E-state index contributed by atoms with van der Waals surface area (Å²) in [5.74, 6) is 0. The molecule has 0 heterocycles. The lowest BCUT2D eigenvalue weighted by Crippen LogP contribution is -2.33. The molecule has 2 rings (SSSR count). The second kappa shape index (κ2) is 4.01. The van der Waals surface area contributed by atoms with Crippen LogP contribution in [0.5, 0.6) is 0 Å². The van der Waals surface area contributed by atoms with Gasteiger partial charge in [0.2, 0.25) is 0 Å². The molecule has 14 heavy (non-hydrogen) atoms. The molecule has 76 valence electrons. The first kappa shape index (κ1) is 10.2. The van der Waals surface area contributed by atoms with E-state index in [4.69, 9.17) is 0 Å². The van der Waals surface area contributed by atoms with E-state index in [1.54, 1.807) is 0 Å². The van der Waals surface area contributed by atoms with Crippen molar-refractivity contribution < 1.29 is 4.39 Å². The van der Waals surface area contributed by atoms with Crippen LogP contribution in [-0.4, -0.2) is 6.17 Å². The lowest BCUT2D eigenvalue weighted by molar-refractivity contribution is 0.198. The van der Waals surface area contributed by atoms with Crippen LogP contribution in [-0.2, 0) is 4.32 Å². The summed E-state index contributed by atoms with van der Waals surface area (Å²) in [6.07, 6.45) is 2.96. The van der Waals surface area contributed by atoms with Crippen LogP contribution in [0.25, 0.3) is 0 Å². The molecule has 1 aromatic carbocycles. The highest BCUT2D eigenvalue weighted by Gasteiger charge is 2.40. The molecule has 2 heteroatoms. The van der Waals surface area contributed by atoms with Crippen LogP contribution in [0.4, 0.5) is 4.39 Å². The van der Waals surface area contributed by atoms with Gasteiger partial charge in [-0.3, -0.25) is 0 Å². The number of rotatable bonds is 1. The Balaban J connectivity index is 2.30. The molecule has 1 saturated carbocycles. The first-order valence-electron chi connectivity index (χ1n) is 5.12. The Bertz CT molecular complexity index is 298. The van der Waals surface area contributed by atoms with Crippen molar-refractivity contribution in [1.82, 2.24) is 0 Å². The van der Waals surface area contributed by atoms with Crippen LogP contribution in [0.2, 0.25) is 0 Å². The minimum Gasteiger partial charge on any atom is -0.246 e. The Labute approximate surface area is 92.6 Å². The zero-order chi connectivity index (χ0) is 10.0. The van der Waals surface area contributed by atoms with Crippen molar-refractivity contribution in [2.75, 3.05) is 0 Å². The Morgan fingerprint density at radius 3 is 2.57 bits per heavy atom. The maximum Gasteiger partial charge on any atom is 0.119 e. The van der Waals surface area contributed by atoms with Gasteiger partial charge in [-0.2, -0.15) is 0 Å². The largest absolute Gasteiger partial charge is 0.246 e. The predicted octanol–water partition coefficient (Wildman–Crippen LogP) is 4.19. The second-order valence-corrected chi connectivity index (χ2v) is 5.36. The Morgan fingerprint density at radius 1 is 1.21 bits per heavy atom. The third kappa shape index (κ3) is 1.72. The van der Waals surface area contributed by atoms with Gasteiger partial charge in [0.25, 0.3) is 0 Å². The molecular weight excluding hydrogens is 243 g/mol. The average Bonchev–Trinajstić information content (AvgIpc) is 2.24. The molecule has 2 atom stereocenters. The van der Waals surface area contributed by atoms with Crippen LogP contribution < -0.4 is 0 Å². The van der Waals surface area contributed by atoms with Crippen molar-refractivity contribution in [3.05, 3.63) is 35.9 Å². The van der Waals surface area contributed by atoms with Gasteiger partial charge in [0.05, 0.1) is 4.32 Å². The van der Waals surface area contributed by atoms with E-state index in [9.17, 15) is 4.39 Å². The molecule has 0 radical (unpaired) electrons. The van der Waals surface area contributed by atoms with Gasteiger partial charge >= 0.3 is 0 Å². The molecule has 1 aliphatic carbocycles. The third-order valence-corrected chi connectivity index (χ3v) is 4.35. The summed E-state index contributed by atoms with van der Waals surface area (Å²) in [5.41, 5.74) is 1.08. The minimum atomic E-state index is -0.751. The van der Waals surface area contributed by atoms with E-state index in [2.05, 4.69) is 15.9 Å². The Hall–Kier alpha value is -0.370. The molecule has 0 spiro atoms. The summed E-state index contributed by atoms with van der Waals surface area (Å²) in [6, 6.07) is 9.93. The minimum absolute atomic E-state index is 0.424. The number of halogens is 2. The predicted molar refractivity (Wildman–Crippen MR) is 60.4 cm³/mol. The van der Waals surface area contributed by atoms with E-state index < -0.39 is 10.5 Å². The van der Waals surface area contributed by atoms with E-state index >= 15 is 0 Å². The highest BCUT2D eigenvalue weighted by atomic mass is 79.9. The van der Waals surface area contributed by atoms with Crippen LogP contribution in [0.15, 0.2) is 30.3 Å². The maximum atomic E-state index is 13.9. The van der Waals surface area contributed by atoms with Gasteiger partial charge in [0.15, 0.2) is 0 Å². The lowest BCUT2D eigenvalue weighted by atomic mass is 9.82. The van der Waals surface area contributed by atoms with Crippen molar-refractivity contribution in [1.29, 1.82) is 0 Å². The molecular formula is C12H14BrF. The fraction of sp³-hybridized carbons (Fsp3) is 0.500. The fourth-order valence-corrected chi connectivity index (χ4v) is 2.91. The fourth-order valence-electron chi connectivity index (χ4n) is 2.13. The zero-order valence-corrected chi connectivity index (χ0v) is 9.63. The van der Waals surface area contributed by atoms with Gasteiger partial charge in [0.1, 0.15) is 6.17 Å². The van der Waals surface area contributed by atoms with Crippen molar-refractivity contribution in [3.8, 4) is 0 Å². The number of alkyl halides is 2. The van der Waals surface area contributed by atoms with Crippen LogP contribution >= 0.6 is 15.9 Å². The summed E-state index contributed by atoms with van der Waals surface area (Å²) in [7, 11) is 0. The molecule has 1 aromatic rings. The smallest absolute Gasteiger partial charge is 0.119 e. The molecule has 0 N–H and O–H groups in total. The van der Waals surface area contributed by atoms with E-state index in [-0.39, 0.29) is 0 Å². The average molecular weight is 257 g/mol. The summed E-state index contributed by atoms with van der Waals surface area (Å²) in [5, 5.41) is 0. The summed E-state index contributed by atoms with van der Waals surface area (Å²) < 4.78 is 13.4. The van der Waals surface area contributed by atoms with Gasteiger partial charge in [-0.1, -0.05) is 59.1 Å². The quantitative estimate of drug-likeness (QED) is 0.662. The molecule has 2 unspecified atom stereocenters. The summed E-state index contributed by atoms with van der Waals surface area (Å²) >= 11 is 3.59. The van der Waals surface area contributed by atoms with E-state index in [1.807, 2.05) is 30.3 Å². The lowest BCUT2D eigenvalue weighted by Gasteiger charge is -2.35. The molecule has 0 amide bonds. The van der Waals surface area contributed by atoms with Gasteiger partial charge < -0.3 is 0 Å². The molecule has 0 nitrogen and oxygen atoms in total. The standard InChI is InChI=1S/C12H14BrF/c13-12(9-5-4-8-11(12)14)10-6-2-1-3-7-10/h1-3,6-7,11H,4-5,8-9H2. The molecule has 0 aromatic heterocycles. The van der Waals surface area contributed by atoms with Gasteiger partial charge in [-0.25, -0.2) is 4.39 Å². The van der Waals surface area contributed by atoms with Crippen LogP contribution in [0, 0.1) is 0 Å². The topological polar surface area (TPSA) is 0 Å². The second-order valence-electron chi connectivity index (χ2n) is 3.94. The molecule has 1 fully saturated rings. The summed E-state index contributed by atoms with van der Waals surface area (Å²) in [6.45, 7) is 0. The Morgan fingerprint density at radius 2 is 1.93 bits per heavy atom. The van der Waals surface area contributed by atoms with Crippen molar-refractivity contribution in [2.24, 2.45) is 0 Å². The van der Waals surface area contributed by atoms with Crippen molar-refractivity contribution in [2.45, 2.75) is 36.2 Å². The molecule has 0 saturated heterocycles. The number of hydrogen-bond acceptors (Lipinski definition) is 0. The van der Waals surface area contributed by atoms with Gasteiger partial charge in [-0.05, 0) is 18.4 Å². The van der Waals surface area contributed by atoms with E-state index in [1.165, 1.54) is 0 Å². The third-order valence-electron chi connectivity index (χ3n) is 3.00. The maximum absolute atomic E-state index is 13.9. The van der Waals surface area contributed by atoms with Crippen molar-refractivity contribution >= 4 is 15.9 Å². The van der Waals surface area contributed by atoms with Crippen LogP contribution in [0.3, 0.4) is 0 Å². The molecule has 1 aliphatic rings. The van der Waals surface area contributed by atoms with E-state index in [0.717, 1.165) is 24.8 Å². The molecule has 0 bridgehead atoms. The number of benzene rings is 1. The van der Waals surface area contributed by atoms with Crippen LogP contribution in [0.1, 0.15) is 31.2 Å². The highest BCUT2D eigenvalue weighted by molar-refractivity contribution is 9.09. The summed E-state index contributed by atoms with van der Waals surface area (Å²) in [4.78, 5) is 0. The number of hydrogen-bond donors (Lipinski definition) is 0. The van der Waals surface area contributed by atoms with Gasteiger partial charge in [0, 0.05) is 0 Å². The molecule has 0 aliphatic heterocycles. The Kier molecular flexibility index (Phi) is 2.91. The SMILES string of the molecule is FC1CCCCC1(Br)c1ccccc1. The zero-order valence-electron chi connectivity index (χ0n) is 8.05. The highest BCUT2D eigenvalue weighted by Crippen LogP contribution is 2.46.